The number of aryl methyl sites for hydroxylation is 1. The first kappa shape index (κ1) is 16.7. The van der Waals surface area contributed by atoms with Gasteiger partial charge in [0, 0.05) is 37.6 Å². The molecule has 0 unspecified atom stereocenters. The second kappa shape index (κ2) is 7.62. The van der Waals surface area contributed by atoms with E-state index in [2.05, 4.69) is 40.2 Å². The molecular formula is C19H22FN3S. The molecule has 0 atom stereocenters. The van der Waals surface area contributed by atoms with Gasteiger partial charge in [0.2, 0.25) is 0 Å². The molecule has 2 aromatic carbocycles. The van der Waals surface area contributed by atoms with Crippen LogP contribution in [0.3, 0.4) is 0 Å². The van der Waals surface area contributed by atoms with E-state index in [0.717, 1.165) is 49.1 Å². The van der Waals surface area contributed by atoms with Gasteiger partial charge in [0.25, 0.3) is 0 Å². The minimum atomic E-state index is -0.197. The van der Waals surface area contributed by atoms with Crippen molar-refractivity contribution in [1.82, 2.24) is 4.90 Å². The smallest absolute Gasteiger partial charge is 0.173 e. The van der Waals surface area contributed by atoms with Gasteiger partial charge >= 0.3 is 0 Å². The molecule has 0 bridgehead atoms. The maximum Gasteiger partial charge on any atom is 0.173 e. The van der Waals surface area contributed by atoms with E-state index in [1.54, 1.807) is 0 Å². The molecule has 2 aromatic rings. The maximum absolute atomic E-state index is 13.0. The third-order valence-corrected chi connectivity index (χ3v) is 4.71. The lowest BCUT2D eigenvalue weighted by molar-refractivity contribution is 0.391. The first-order chi connectivity index (χ1) is 11.7. The van der Waals surface area contributed by atoms with Gasteiger partial charge in [-0.3, -0.25) is 0 Å². The van der Waals surface area contributed by atoms with Gasteiger partial charge in [-0.05, 0) is 60.6 Å². The number of halogens is 1. The van der Waals surface area contributed by atoms with Crippen LogP contribution in [0.4, 0.5) is 15.8 Å². The highest BCUT2D eigenvalue weighted by atomic mass is 32.1. The van der Waals surface area contributed by atoms with Crippen LogP contribution in [0.15, 0.2) is 48.5 Å². The predicted molar refractivity (Wildman–Crippen MR) is 102 cm³/mol. The molecule has 1 aliphatic rings. The number of nitrogens with one attached hydrogen (secondary N) is 1. The van der Waals surface area contributed by atoms with Crippen molar-refractivity contribution in [1.29, 1.82) is 0 Å². The Kier molecular flexibility index (Phi) is 5.30. The Morgan fingerprint density at radius 3 is 2.46 bits per heavy atom. The van der Waals surface area contributed by atoms with Crippen molar-refractivity contribution >= 4 is 28.7 Å². The summed E-state index contributed by atoms with van der Waals surface area (Å²) in [7, 11) is 0. The molecule has 0 amide bonds. The van der Waals surface area contributed by atoms with Gasteiger partial charge < -0.3 is 15.1 Å². The highest BCUT2D eigenvalue weighted by molar-refractivity contribution is 7.80. The quantitative estimate of drug-likeness (QED) is 0.852. The van der Waals surface area contributed by atoms with Crippen LogP contribution in [0.2, 0.25) is 0 Å². The fourth-order valence-corrected chi connectivity index (χ4v) is 3.19. The molecule has 5 heteroatoms. The molecule has 1 fully saturated rings. The number of piperazine rings is 1. The van der Waals surface area contributed by atoms with Gasteiger partial charge in [0.05, 0.1) is 0 Å². The zero-order valence-corrected chi connectivity index (χ0v) is 14.7. The summed E-state index contributed by atoms with van der Waals surface area (Å²) in [5.41, 5.74) is 3.40. The van der Waals surface area contributed by atoms with Crippen LogP contribution in [0.1, 0.15) is 12.5 Å². The van der Waals surface area contributed by atoms with Gasteiger partial charge in [-0.1, -0.05) is 19.1 Å². The van der Waals surface area contributed by atoms with Gasteiger partial charge in [-0.15, -0.1) is 0 Å². The minimum absolute atomic E-state index is 0.197. The van der Waals surface area contributed by atoms with Crippen molar-refractivity contribution in [2.45, 2.75) is 13.3 Å². The monoisotopic (exact) mass is 343 g/mol. The van der Waals surface area contributed by atoms with E-state index in [1.807, 2.05) is 18.2 Å². The summed E-state index contributed by atoms with van der Waals surface area (Å²) in [6, 6.07) is 15.0. The van der Waals surface area contributed by atoms with Gasteiger partial charge in [0.15, 0.2) is 5.11 Å². The van der Waals surface area contributed by atoms with E-state index >= 15 is 0 Å². The molecule has 3 rings (SSSR count). The molecule has 1 aliphatic heterocycles. The molecule has 0 spiro atoms. The van der Waals surface area contributed by atoms with E-state index in [1.165, 1.54) is 17.7 Å². The van der Waals surface area contributed by atoms with Crippen LogP contribution in [-0.4, -0.2) is 36.2 Å². The molecule has 1 N–H and O–H groups in total. The van der Waals surface area contributed by atoms with E-state index in [0.29, 0.717) is 0 Å². The minimum Gasteiger partial charge on any atom is -0.368 e. The van der Waals surface area contributed by atoms with Crippen molar-refractivity contribution in [2.24, 2.45) is 0 Å². The SMILES string of the molecule is CCc1cccc(NC(=S)N2CCN(c3ccc(F)cc3)CC2)c1. The molecule has 0 saturated carbocycles. The van der Waals surface area contributed by atoms with Crippen molar-refractivity contribution in [3.63, 3.8) is 0 Å². The molecule has 0 radical (unpaired) electrons. The lowest BCUT2D eigenvalue weighted by Crippen LogP contribution is -2.50. The van der Waals surface area contributed by atoms with Gasteiger partial charge in [-0.2, -0.15) is 0 Å². The molecule has 1 saturated heterocycles. The lowest BCUT2D eigenvalue weighted by atomic mass is 10.1. The summed E-state index contributed by atoms with van der Waals surface area (Å²) in [5, 5.41) is 4.10. The van der Waals surface area contributed by atoms with Crippen LogP contribution in [-0.2, 0) is 6.42 Å². The topological polar surface area (TPSA) is 18.5 Å². The number of anilines is 2. The molecule has 0 aliphatic carbocycles. The van der Waals surface area contributed by atoms with Gasteiger partial charge in [0.1, 0.15) is 5.82 Å². The summed E-state index contributed by atoms with van der Waals surface area (Å²) in [4.78, 5) is 4.45. The average molecular weight is 343 g/mol. The van der Waals surface area contributed by atoms with Crippen molar-refractivity contribution in [2.75, 3.05) is 36.4 Å². The molecule has 126 valence electrons. The molecule has 0 aromatic heterocycles. The molecular weight excluding hydrogens is 321 g/mol. The molecule has 3 nitrogen and oxygen atoms in total. The number of rotatable bonds is 3. The predicted octanol–water partition coefficient (Wildman–Crippen LogP) is 3.91. The number of hydrogen-bond donors (Lipinski definition) is 1. The van der Waals surface area contributed by atoms with Crippen LogP contribution in [0.5, 0.6) is 0 Å². The van der Waals surface area contributed by atoms with E-state index in [9.17, 15) is 4.39 Å². The highest BCUT2D eigenvalue weighted by Crippen LogP contribution is 2.18. The number of hydrogen-bond acceptors (Lipinski definition) is 2. The lowest BCUT2D eigenvalue weighted by Gasteiger charge is -2.37. The molecule has 1 heterocycles. The fourth-order valence-electron chi connectivity index (χ4n) is 2.89. The number of benzene rings is 2. The summed E-state index contributed by atoms with van der Waals surface area (Å²) in [6.45, 7) is 5.62. The van der Waals surface area contributed by atoms with Crippen molar-refractivity contribution in [3.05, 3.63) is 59.9 Å². The van der Waals surface area contributed by atoms with Gasteiger partial charge in [-0.25, -0.2) is 4.39 Å². The number of thiocarbonyl (C=S) groups is 1. The van der Waals surface area contributed by atoms with E-state index < -0.39 is 0 Å². The maximum atomic E-state index is 13.0. The highest BCUT2D eigenvalue weighted by Gasteiger charge is 2.19. The first-order valence-electron chi connectivity index (χ1n) is 8.31. The van der Waals surface area contributed by atoms with Crippen LogP contribution in [0, 0.1) is 5.82 Å². The molecule has 24 heavy (non-hydrogen) atoms. The largest absolute Gasteiger partial charge is 0.368 e. The van der Waals surface area contributed by atoms with Crippen LogP contribution >= 0.6 is 12.2 Å². The summed E-state index contributed by atoms with van der Waals surface area (Å²) < 4.78 is 13.0. The Morgan fingerprint density at radius 2 is 1.79 bits per heavy atom. The van der Waals surface area contributed by atoms with Crippen molar-refractivity contribution < 1.29 is 4.39 Å². The normalized spacial score (nSPS) is 14.6. The van der Waals surface area contributed by atoms with Crippen LogP contribution in [0.25, 0.3) is 0 Å². The summed E-state index contributed by atoms with van der Waals surface area (Å²) in [5.74, 6) is -0.197. The Balaban J connectivity index is 1.55. The number of nitrogens with zero attached hydrogens (tertiary/aromatic N) is 2. The third kappa shape index (κ3) is 4.03. The standard InChI is InChI=1S/C19H22FN3S/c1-2-15-4-3-5-17(14-15)21-19(24)23-12-10-22(11-13-23)18-8-6-16(20)7-9-18/h3-9,14H,2,10-13H2,1H3,(H,21,24). The second-order valence-electron chi connectivity index (χ2n) is 5.93. The van der Waals surface area contributed by atoms with Crippen molar-refractivity contribution in [3.8, 4) is 0 Å². The summed E-state index contributed by atoms with van der Waals surface area (Å²) in [6.07, 6.45) is 1.01. The first-order valence-corrected chi connectivity index (χ1v) is 8.72. The zero-order valence-electron chi connectivity index (χ0n) is 13.8. The average Bonchev–Trinajstić information content (AvgIpc) is 2.62. The van der Waals surface area contributed by atoms with E-state index in [4.69, 9.17) is 12.2 Å². The Morgan fingerprint density at radius 1 is 1.08 bits per heavy atom. The fraction of sp³-hybridized carbons (Fsp3) is 0.316. The Bertz CT molecular complexity index is 694. The third-order valence-electron chi connectivity index (χ3n) is 4.35. The van der Waals surface area contributed by atoms with Crippen LogP contribution < -0.4 is 10.2 Å². The Labute approximate surface area is 148 Å². The second-order valence-corrected chi connectivity index (χ2v) is 6.32. The summed E-state index contributed by atoms with van der Waals surface area (Å²) >= 11 is 5.55. The Hall–Kier alpha value is -2.14. The van der Waals surface area contributed by atoms with E-state index in [-0.39, 0.29) is 5.82 Å². The zero-order chi connectivity index (χ0) is 16.9.